The van der Waals surface area contributed by atoms with Gasteiger partial charge in [-0.2, -0.15) is 0 Å². The largest absolute Gasteiger partial charge is 0.256 e. The van der Waals surface area contributed by atoms with Crippen molar-refractivity contribution in [3.63, 3.8) is 0 Å². The summed E-state index contributed by atoms with van der Waals surface area (Å²) in [7, 11) is 0. The second kappa shape index (κ2) is 4.54. The maximum atomic E-state index is 4.53. The number of pyridine rings is 1. The first-order valence-corrected chi connectivity index (χ1v) is 6.65. The van der Waals surface area contributed by atoms with E-state index >= 15 is 0 Å². The van der Waals surface area contributed by atoms with Gasteiger partial charge in [0.15, 0.2) is 0 Å². The monoisotopic (exact) mass is 297 g/mol. The molecule has 0 aliphatic carbocycles. The predicted molar refractivity (Wildman–Crippen MR) is 79.6 cm³/mol. The van der Waals surface area contributed by atoms with Crippen LogP contribution in [-0.4, -0.2) is 4.98 Å². The van der Waals surface area contributed by atoms with E-state index in [9.17, 15) is 0 Å². The Balaban J connectivity index is 2.24. The number of fused-ring (bicyclic) bond motifs is 1. The topological polar surface area (TPSA) is 12.9 Å². The molecule has 3 rings (SSSR count). The lowest BCUT2D eigenvalue weighted by molar-refractivity contribution is 1.36. The summed E-state index contributed by atoms with van der Waals surface area (Å²) in [5.74, 6) is 0. The Labute approximate surface area is 115 Å². The minimum atomic E-state index is 1.05. The zero-order chi connectivity index (χ0) is 12.5. The van der Waals surface area contributed by atoms with E-state index in [0.717, 1.165) is 9.99 Å². The van der Waals surface area contributed by atoms with Crippen LogP contribution in [0, 0.1) is 6.92 Å². The van der Waals surface area contributed by atoms with Crippen LogP contribution in [0.25, 0.3) is 22.0 Å². The summed E-state index contributed by atoms with van der Waals surface area (Å²) < 4.78 is 1.10. The van der Waals surface area contributed by atoms with E-state index < -0.39 is 0 Å². The minimum Gasteiger partial charge on any atom is -0.256 e. The molecule has 0 fully saturated rings. The lowest BCUT2D eigenvalue weighted by atomic mass is 9.99. The van der Waals surface area contributed by atoms with Gasteiger partial charge in [-0.05, 0) is 36.2 Å². The van der Waals surface area contributed by atoms with Gasteiger partial charge >= 0.3 is 0 Å². The molecule has 2 aromatic carbocycles. The average molecular weight is 298 g/mol. The second-order valence-corrected chi connectivity index (χ2v) is 5.24. The Morgan fingerprint density at radius 3 is 2.44 bits per heavy atom. The molecule has 0 radical (unpaired) electrons. The lowest BCUT2D eigenvalue weighted by Crippen LogP contribution is -1.88. The third-order valence-electron chi connectivity index (χ3n) is 3.20. The molecule has 18 heavy (non-hydrogen) atoms. The van der Waals surface area contributed by atoms with E-state index in [1.807, 2.05) is 18.3 Å². The SMILES string of the molecule is Cc1c(-c2ccc(Br)cc2)cnc2ccccc12. The van der Waals surface area contributed by atoms with Crippen LogP contribution >= 0.6 is 15.9 Å². The molecule has 1 heterocycles. The summed E-state index contributed by atoms with van der Waals surface area (Å²) in [4.78, 5) is 4.53. The molecule has 0 aliphatic heterocycles. The zero-order valence-electron chi connectivity index (χ0n) is 10.0. The van der Waals surface area contributed by atoms with Crippen molar-refractivity contribution in [1.29, 1.82) is 0 Å². The molecule has 1 nitrogen and oxygen atoms in total. The summed E-state index contributed by atoms with van der Waals surface area (Å²) in [6, 6.07) is 16.6. The van der Waals surface area contributed by atoms with Crippen molar-refractivity contribution in [2.75, 3.05) is 0 Å². The fraction of sp³-hybridized carbons (Fsp3) is 0.0625. The molecule has 0 N–H and O–H groups in total. The van der Waals surface area contributed by atoms with Gasteiger partial charge in [0.05, 0.1) is 5.52 Å². The first kappa shape index (κ1) is 11.4. The van der Waals surface area contributed by atoms with Crippen molar-refractivity contribution in [3.8, 4) is 11.1 Å². The Morgan fingerprint density at radius 1 is 0.944 bits per heavy atom. The highest BCUT2D eigenvalue weighted by molar-refractivity contribution is 9.10. The number of nitrogens with zero attached hydrogens (tertiary/aromatic N) is 1. The Hall–Kier alpha value is -1.67. The van der Waals surface area contributed by atoms with Gasteiger partial charge in [-0.1, -0.05) is 46.3 Å². The fourth-order valence-electron chi connectivity index (χ4n) is 2.20. The molecule has 0 amide bonds. The van der Waals surface area contributed by atoms with Crippen molar-refractivity contribution < 1.29 is 0 Å². The molecule has 0 bridgehead atoms. The Bertz CT molecular complexity index is 702. The number of para-hydroxylation sites is 1. The van der Waals surface area contributed by atoms with Crippen LogP contribution in [0.5, 0.6) is 0 Å². The van der Waals surface area contributed by atoms with Gasteiger partial charge in [-0.15, -0.1) is 0 Å². The number of benzene rings is 2. The van der Waals surface area contributed by atoms with Gasteiger partial charge in [-0.3, -0.25) is 4.98 Å². The van der Waals surface area contributed by atoms with E-state index in [0.29, 0.717) is 0 Å². The molecule has 2 heteroatoms. The normalized spacial score (nSPS) is 10.8. The molecule has 0 aliphatic rings. The van der Waals surface area contributed by atoms with Gasteiger partial charge < -0.3 is 0 Å². The number of halogens is 1. The quantitative estimate of drug-likeness (QED) is 0.618. The summed E-state index contributed by atoms with van der Waals surface area (Å²) in [6.45, 7) is 2.15. The van der Waals surface area contributed by atoms with Crippen molar-refractivity contribution in [2.45, 2.75) is 6.92 Å². The van der Waals surface area contributed by atoms with Gasteiger partial charge in [0.2, 0.25) is 0 Å². The lowest BCUT2D eigenvalue weighted by Gasteiger charge is -2.09. The summed E-state index contributed by atoms with van der Waals surface area (Å²) in [5, 5.41) is 1.22. The van der Waals surface area contributed by atoms with Crippen LogP contribution in [0.4, 0.5) is 0 Å². The molecular weight excluding hydrogens is 286 g/mol. The standard InChI is InChI=1S/C16H12BrN/c1-11-14-4-2-3-5-16(14)18-10-15(11)12-6-8-13(17)9-7-12/h2-10H,1H3. The molecule has 0 saturated heterocycles. The van der Waals surface area contributed by atoms with E-state index in [-0.39, 0.29) is 0 Å². The second-order valence-electron chi connectivity index (χ2n) is 4.32. The zero-order valence-corrected chi connectivity index (χ0v) is 11.6. The highest BCUT2D eigenvalue weighted by Gasteiger charge is 2.06. The van der Waals surface area contributed by atoms with Crippen LogP contribution < -0.4 is 0 Å². The number of hydrogen-bond donors (Lipinski definition) is 0. The average Bonchev–Trinajstić information content (AvgIpc) is 2.41. The van der Waals surface area contributed by atoms with E-state index in [1.54, 1.807) is 0 Å². The van der Waals surface area contributed by atoms with Gasteiger partial charge in [-0.25, -0.2) is 0 Å². The molecule has 0 saturated carbocycles. The molecule has 0 atom stereocenters. The third kappa shape index (κ3) is 1.93. The number of aryl methyl sites for hydroxylation is 1. The smallest absolute Gasteiger partial charge is 0.0705 e. The van der Waals surface area contributed by atoms with Crippen LogP contribution in [0.1, 0.15) is 5.56 Å². The molecule has 3 aromatic rings. The van der Waals surface area contributed by atoms with Gasteiger partial charge in [0.25, 0.3) is 0 Å². The first-order valence-electron chi connectivity index (χ1n) is 5.86. The number of hydrogen-bond acceptors (Lipinski definition) is 1. The third-order valence-corrected chi connectivity index (χ3v) is 3.73. The summed E-state index contributed by atoms with van der Waals surface area (Å²) >= 11 is 3.46. The van der Waals surface area contributed by atoms with Crippen molar-refractivity contribution >= 4 is 26.8 Å². The van der Waals surface area contributed by atoms with Crippen LogP contribution in [-0.2, 0) is 0 Å². The highest BCUT2D eigenvalue weighted by Crippen LogP contribution is 2.28. The van der Waals surface area contributed by atoms with Crippen LogP contribution in [0.15, 0.2) is 59.2 Å². The summed E-state index contributed by atoms with van der Waals surface area (Å²) in [5.41, 5.74) is 4.73. The Kier molecular flexibility index (Phi) is 2.88. The number of aromatic nitrogens is 1. The summed E-state index contributed by atoms with van der Waals surface area (Å²) in [6.07, 6.45) is 1.96. The molecule has 1 aromatic heterocycles. The molecule has 0 unspecified atom stereocenters. The van der Waals surface area contributed by atoms with E-state index in [2.05, 4.69) is 64.2 Å². The van der Waals surface area contributed by atoms with Crippen molar-refractivity contribution in [3.05, 3.63) is 64.8 Å². The van der Waals surface area contributed by atoms with E-state index in [1.165, 1.54) is 22.1 Å². The van der Waals surface area contributed by atoms with Crippen molar-refractivity contribution in [1.82, 2.24) is 4.98 Å². The van der Waals surface area contributed by atoms with Crippen LogP contribution in [0.2, 0.25) is 0 Å². The van der Waals surface area contributed by atoms with Crippen LogP contribution in [0.3, 0.4) is 0 Å². The maximum absolute atomic E-state index is 4.53. The van der Waals surface area contributed by atoms with Gasteiger partial charge in [0, 0.05) is 21.6 Å². The minimum absolute atomic E-state index is 1.05. The van der Waals surface area contributed by atoms with E-state index in [4.69, 9.17) is 0 Å². The van der Waals surface area contributed by atoms with Crippen molar-refractivity contribution in [2.24, 2.45) is 0 Å². The molecule has 88 valence electrons. The first-order chi connectivity index (χ1) is 8.75. The molecule has 0 spiro atoms. The highest BCUT2D eigenvalue weighted by atomic mass is 79.9. The van der Waals surface area contributed by atoms with Gasteiger partial charge in [0.1, 0.15) is 0 Å². The Morgan fingerprint density at radius 2 is 1.67 bits per heavy atom. The predicted octanol–water partition coefficient (Wildman–Crippen LogP) is 4.97. The number of rotatable bonds is 1. The fourth-order valence-corrected chi connectivity index (χ4v) is 2.46. The maximum Gasteiger partial charge on any atom is 0.0705 e. The molecular formula is C16H12BrN.